The molecule has 0 radical (unpaired) electrons. The Kier molecular flexibility index (Phi) is 2.83. The lowest BCUT2D eigenvalue weighted by molar-refractivity contribution is 0.382. The lowest BCUT2D eigenvalue weighted by atomic mass is 9.67. The highest BCUT2D eigenvalue weighted by molar-refractivity contribution is 9.10. The summed E-state index contributed by atoms with van der Waals surface area (Å²) in [6.45, 7) is 6.99. The molecule has 2 heteroatoms. The Bertz CT molecular complexity index is 450. The maximum Gasteiger partial charge on any atom is 0.0215 e. The molecule has 2 aliphatic rings. The van der Waals surface area contributed by atoms with Crippen molar-refractivity contribution in [2.45, 2.75) is 51.0 Å². The molecule has 1 heterocycles. The maximum atomic E-state index is 3.78. The molecular formula is C15H20BrN. The second-order valence-corrected chi connectivity index (χ2v) is 6.93. The zero-order chi connectivity index (χ0) is 12.0. The highest BCUT2D eigenvalue weighted by Crippen LogP contribution is 2.48. The Morgan fingerprint density at radius 2 is 2.12 bits per heavy atom. The van der Waals surface area contributed by atoms with Crippen LogP contribution in [0.2, 0.25) is 0 Å². The molecule has 92 valence electrons. The summed E-state index contributed by atoms with van der Waals surface area (Å²) in [6.07, 6.45) is 3.96. The average Bonchev–Trinajstić information content (AvgIpc) is 2.48. The highest BCUT2D eigenvalue weighted by atomic mass is 79.9. The molecular weight excluding hydrogens is 274 g/mol. The molecule has 1 atom stereocenters. The smallest absolute Gasteiger partial charge is 0.0215 e. The SMILES string of the molecule is CC1(C)CCC2CCNCc3ccc(Br)c1c32. The Balaban J connectivity index is 2.25. The fourth-order valence-corrected chi connectivity index (χ4v) is 4.42. The largest absolute Gasteiger partial charge is 0.313 e. The van der Waals surface area contributed by atoms with Gasteiger partial charge in [-0.25, -0.2) is 0 Å². The molecule has 0 saturated carbocycles. The van der Waals surface area contributed by atoms with E-state index in [0.717, 1.165) is 19.0 Å². The van der Waals surface area contributed by atoms with Crippen LogP contribution in [0.15, 0.2) is 16.6 Å². The van der Waals surface area contributed by atoms with Gasteiger partial charge in [0.25, 0.3) is 0 Å². The summed E-state index contributed by atoms with van der Waals surface area (Å²) in [4.78, 5) is 0. The van der Waals surface area contributed by atoms with Gasteiger partial charge >= 0.3 is 0 Å². The lowest BCUT2D eigenvalue weighted by Gasteiger charge is -2.38. The minimum absolute atomic E-state index is 0.324. The third kappa shape index (κ3) is 1.86. The summed E-state index contributed by atoms with van der Waals surface area (Å²) in [5.74, 6) is 0.778. The van der Waals surface area contributed by atoms with Crippen LogP contribution in [0.1, 0.15) is 55.7 Å². The standard InChI is InChI=1S/C15H20BrN/c1-15(2)7-5-10-6-8-17-9-11-3-4-12(16)14(15)13(10)11/h3-4,10,17H,5-9H2,1-2H3. The van der Waals surface area contributed by atoms with Gasteiger partial charge in [0, 0.05) is 11.0 Å². The van der Waals surface area contributed by atoms with Gasteiger partial charge in [-0.1, -0.05) is 35.8 Å². The van der Waals surface area contributed by atoms with Crippen LogP contribution in [-0.4, -0.2) is 6.54 Å². The number of benzene rings is 1. The molecule has 0 bridgehead atoms. The van der Waals surface area contributed by atoms with E-state index in [9.17, 15) is 0 Å². The summed E-state index contributed by atoms with van der Waals surface area (Å²) < 4.78 is 1.31. The quantitative estimate of drug-likeness (QED) is 0.759. The molecule has 1 aliphatic heterocycles. The van der Waals surface area contributed by atoms with E-state index in [0.29, 0.717) is 5.41 Å². The van der Waals surface area contributed by atoms with Gasteiger partial charge in [0.2, 0.25) is 0 Å². The van der Waals surface area contributed by atoms with Gasteiger partial charge in [0.05, 0.1) is 0 Å². The molecule has 1 unspecified atom stereocenters. The van der Waals surface area contributed by atoms with E-state index in [1.165, 1.54) is 29.3 Å². The summed E-state index contributed by atoms with van der Waals surface area (Å²) in [5.41, 5.74) is 5.08. The molecule has 1 aromatic rings. The lowest BCUT2D eigenvalue weighted by Crippen LogP contribution is -2.27. The first kappa shape index (κ1) is 11.7. The summed E-state index contributed by atoms with van der Waals surface area (Å²) >= 11 is 3.78. The van der Waals surface area contributed by atoms with Crippen LogP contribution in [-0.2, 0) is 12.0 Å². The zero-order valence-electron chi connectivity index (χ0n) is 10.6. The van der Waals surface area contributed by atoms with E-state index >= 15 is 0 Å². The first-order chi connectivity index (χ1) is 8.09. The molecule has 1 nitrogen and oxygen atoms in total. The van der Waals surface area contributed by atoms with E-state index in [1.807, 2.05) is 0 Å². The van der Waals surface area contributed by atoms with Crippen molar-refractivity contribution in [1.29, 1.82) is 0 Å². The van der Waals surface area contributed by atoms with Crippen molar-refractivity contribution in [1.82, 2.24) is 5.32 Å². The minimum Gasteiger partial charge on any atom is -0.313 e. The van der Waals surface area contributed by atoms with Crippen molar-refractivity contribution < 1.29 is 0 Å². The van der Waals surface area contributed by atoms with E-state index in [4.69, 9.17) is 0 Å². The Hall–Kier alpha value is -0.340. The maximum absolute atomic E-state index is 3.78. The van der Waals surface area contributed by atoms with Crippen molar-refractivity contribution in [3.63, 3.8) is 0 Å². The molecule has 1 aromatic carbocycles. The van der Waals surface area contributed by atoms with Crippen LogP contribution >= 0.6 is 15.9 Å². The average molecular weight is 294 g/mol. The first-order valence-electron chi connectivity index (χ1n) is 6.62. The van der Waals surface area contributed by atoms with Gasteiger partial charge < -0.3 is 5.32 Å². The molecule has 17 heavy (non-hydrogen) atoms. The number of rotatable bonds is 0. The van der Waals surface area contributed by atoms with Crippen LogP contribution < -0.4 is 5.32 Å². The predicted molar refractivity (Wildman–Crippen MR) is 75.5 cm³/mol. The summed E-state index contributed by atoms with van der Waals surface area (Å²) in [6, 6.07) is 4.54. The molecule has 0 saturated heterocycles. The second kappa shape index (κ2) is 4.10. The fourth-order valence-electron chi connectivity index (χ4n) is 3.54. The predicted octanol–water partition coefficient (Wildman–Crippen LogP) is 4.10. The van der Waals surface area contributed by atoms with Gasteiger partial charge in [0.1, 0.15) is 0 Å². The Labute approximate surface area is 112 Å². The molecule has 0 amide bonds. The number of halogens is 1. The third-order valence-corrected chi connectivity index (χ3v) is 5.13. The van der Waals surface area contributed by atoms with Crippen LogP contribution in [0.4, 0.5) is 0 Å². The number of nitrogens with one attached hydrogen (secondary N) is 1. The monoisotopic (exact) mass is 293 g/mol. The van der Waals surface area contributed by atoms with Gasteiger partial charge in [0.15, 0.2) is 0 Å². The van der Waals surface area contributed by atoms with E-state index in [1.54, 1.807) is 11.1 Å². The zero-order valence-corrected chi connectivity index (χ0v) is 12.2. The topological polar surface area (TPSA) is 12.0 Å². The van der Waals surface area contributed by atoms with Crippen LogP contribution in [0.3, 0.4) is 0 Å². The van der Waals surface area contributed by atoms with E-state index < -0.39 is 0 Å². The number of hydrogen-bond donors (Lipinski definition) is 1. The molecule has 0 fully saturated rings. The fraction of sp³-hybridized carbons (Fsp3) is 0.600. The van der Waals surface area contributed by atoms with Gasteiger partial charge in [-0.15, -0.1) is 0 Å². The van der Waals surface area contributed by atoms with Crippen molar-refractivity contribution in [3.8, 4) is 0 Å². The Morgan fingerprint density at radius 1 is 1.29 bits per heavy atom. The van der Waals surface area contributed by atoms with E-state index in [2.05, 4.69) is 47.2 Å². The van der Waals surface area contributed by atoms with Crippen molar-refractivity contribution in [3.05, 3.63) is 33.3 Å². The van der Waals surface area contributed by atoms with Crippen molar-refractivity contribution >= 4 is 15.9 Å². The molecule has 3 rings (SSSR count). The van der Waals surface area contributed by atoms with Crippen molar-refractivity contribution in [2.75, 3.05) is 6.54 Å². The molecule has 0 spiro atoms. The van der Waals surface area contributed by atoms with Crippen LogP contribution in [0, 0.1) is 0 Å². The highest BCUT2D eigenvalue weighted by Gasteiger charge is 2.36. The van der Waals surface area contributed by atoms with E-state index in [-0.39, 0.29) is 0 Å². The third-order valence-electron chi connectivity index (χ3n) is 4.47. The normalized spacial score (nSPS) is 26.2. The van der Waals surface area contributed by atoms with Gasteiger partial charge in [-0.3, -0.25) is 0 Å². The molecule has 1 aliphatic carbocycles. The van der Waals surface area contributed by atoms with Gasteiger partial charge in [-0.2, -0.15) is 0 Å². The van der Waals surface area contributed by atoms with Crippen LogP contribution in [0.5, 0.6) is 0 Å². The first-order valence-corrected chi connectivity index (χ1v) is 7.41. The minimum atomic E-state index is 0.324. The Morgan fingerprint density at radius 3 is 2.94 bits per heavy atom. The van der Waals surface area contributed by atoms with Crippen LogP contribution in [0.25, 0.3) is 0 Å². The second-order valence-electron chi connectivity index (χ2n) is 6.08. The van der Waals surface area contributed by atoms with Crippen molar-refractivity contribution in [2.24, 2.45) is 0 Å². The molecule has 1 N–H and O–H groups in total. The summed E-state index contributed by atoms with van der Waals surface area (Å²) in [5, 5.41) is 3.55. The summed E-state index contributed by atoms with van der Waals surface area (Å²) in [7, 11) is 0. The molecule has 0 aromatic heterocycles. The van der Waals surface area contributed by atoms with Gasteiger partial charge in [-0.05, 0) is 59.9 Å². The number of hydrogen-bond acceptors (Lipinski definition) is 1.